The minimum Gasteiger partial charge on any atom is -0.326 e. The van der Waals surface area contributed by atoms with Gasteiger partial charge in [-0.25, -0.2) is 4.98 Å². The Morgan fingerprint density at radius 1 is 1.11 bits per heavy atom. The van der Waals surface area contributed by atoms with Crippen LogP contribution in [0.5, 0.6) is 0 Å². The van der Waals surface area contributed by atoms with Gasteiger partial charge in [0, 0.05) is 18.0 Å². The van der Waals surface area contributed by atoms with Crippen LogP contribution in [0.25, 0.3) is 0 Å². The van der Waals surface area contributed by atoms with Gasteiger partial charge in [-0.1, -0.05) is 0 Å². The highest BCUT2D eigenvalue weighted by atomic mass is 19.4. The van der Waals surface area contributed by atoms with Crippen LogP contribution in [0.3, 0.4) is 0 Å². The largest absolute Gasteiger partial charge is 0.416 e. The topological polar surface area (TPSA) is 57.8 Å². The van der Waals surface area contributed by atoms with Crippen molar-refractivity contribution in [2.75, 3.05) is 5.32 Å². The number of nitrogens with zero attached hydrogens (tertiary/aromatic N) is 1. The summed E-state index contributed by atoms with van der Waals surface area (Å²) in [7, 11) is 0. The van der Waals surface area contributed by atoms with Crippen molar-refractivity contribution in [3.05, 3.63) is 52.4 Å². The van der Waals surface area contributed by atoms with Crippen LogP contribution < -0.4 is 10.9 Å². The summed E-state index contributed by atoms with van der Waals surface area (Å²) < 4.78 is 37.0. The Morgan fingerprint density at radius 3 is 2.33 bits per heavy atom. The lowest BCUT2D eigenvalue weighted by molar-refractivity contribution is -0.137. The van der Waals surface area contributed by atoms with Gasteiger partial charge in [0.15, 0.2) is 0 Å². The zero-order valence-corrected chi connectivity index (χ0v) is 8.95. The predicted molar refractivity (Wildman–Crippen MR) is 59.6 cm³/mol. The molecule has 0 amide bonds. The Labute approximate surface area is 99.5 Å². The number of aromatic nitrogens is 2. The van der Waals surface area contributed by atoms with Gasteiger partial charge in [0.1, 0.15) is 0 Å². The lowest BCUT2D eigenvalue weighted by Gasteiger charge is -2.08. The maximum Gasteiger partial charge on any atom is 0.416 e. The summed E-state index contributed by atoms with van der Waals surface area (Å²) in [6, 6.07) is 5.65. The van der Waals surface area contributed by atoms with E-state index in [0.717, 1.165) is 12.1 Å². The SMILES string of the molecule is O=c1ccnc(Nc2ccc(C(F)(F)F)cc2)[nH]1. The van der Waals surface area contributed by atoms with Gasteiger partial charge in [-0.3, -0.25) is 9.78 Å². The highest BCUT2D eigenvalue weighted by Gasteiger charge is 2.29. The third-order valence-corrected chi connectivity index (χ3v) is 2.15. The number of aromatic amines is 1. The molecule has 1 aromatic heterocycles. The average molecular weight is 255 g/mol. The van der Waals surface area contributed by atoms with E-state index in [1.807, 2.05) is 0 Å². The molecule has 7 heteroatoms. The van der Waals surface area contributed by atoms with E-state index in [2.05, 4.69) is 15.3 Å². The Hall–Kier alpha value is -2.31. The van der Waals surface area contributed by atoms with Crippen LogP contribution >= 0.6 is 0 Å². The monoisotopic (exact) mass is 255 g/mol. The number of hydrogen-bond acceptors (Lipinski definition) is 3. The van der Waals surface area contributed by atoms with Crippen LogP contribution in [0.1, 0.15) is 5.56 Å². The maximum atomic E-state index is 12.3. The molecule has 1 heterocycles. The molecule has 2 N–H and O–H groups in total. The minimum absolute atomic E-state index is 0.169. The first-order valence-corrected chi connectivity index (χ1v) is 4.95. The van der Waals surface area contributed by atoms with Gasteiger partial charge < -0.3 is 5.32 Å². The minimum atomic E-state index is -4.36. The van der Waals surface area contributed by atoms with Gasteiger partial charge in [0.25, 0.3) is 5.56 Å². The molecule has 0 fully saturated rings. The third kappa shape index (κ3) is 2.88. The van der Waals surface area contributed by atoms with E-state index >= 15 is 0 Å². The Bertz CT molecular complexity index is 589. The number of halogens is 3. The fourth-order valence-electron chi connectivity index (χ4n) is 1.31. The molecule has 94 valence electrons. The van der Waals surface area contributed by atoms with Crippen molar-refractivity contribution in [1.82, 2.24) is 9.97 Å². The van der Waals surface area contributed by atoms with Gasteiger partial charge in [-0.05, 0) is 24.3 Å². The van der Waals surface area contributed by atoms with Crippen LogP contribution in [-0.2, 0) is 6.18 Å². The smallest absolute Gasteiger partial charge is 0.326 e. The van der Waals surface area contributed by atoms with Crippen LogP contribution in [-0.4, -0.2) is 9.97 Å². The fraction of sp³-hybridized carbons (Fsp3) is 0.0909. The number of nitrogens with one attached hydrogen (secondary N) is 2. The third-order valence-electron chi connectivity index (χ3n) is 2.15. The lowest BCUT2D eigenvalue weighted by atomic mass is 10.2. The van der Waals surface area contributed by atoms with Crippen molar-refractivity contribution < 1.29 is 13.2 Å². The fourth-order valence-corrected chi connectivity index (χ4v) is 1.31. The molecule has 2 aromatic rings. The summed E-state index contributed by atoms with van der Waals surface area (Å²) in [5.74, 6) is 0.169. The molecule has 0 atom stereocenters. The Kier molecular flexibility index (Phi) is 3.05. The first-order valence-electron chi connectivity index (χ1n) is 4.95. The Balaban J connectivity index is 2.19. The van der Waals surface area contributed by atoms with Crippen molar-refractivity contribution in [3.63, 3.8) is 0 Å². The van der Waals surface area contributed by atoms with Crippen LogP contribution in [0.15, 0.2) is 41.3 Å². The molecule has 0 aliphatic carbocycles. The first kappa shape index (κ1) is 12.2. The van der Waals surface area contributed by atoms with Gasteiger partial charge in [-0.2, -0.15) is 13.2 Å². The number of hydrogen-bond donors (Lipinski definition) is 2. The van der Waals surface area contributed by atoms with E-state index < -0.39 is 11.7 Å². The number of rotatable bonds is 2. The molecular weight excluding hydrogens is 247 g/mol. The van der Waals surface area contributed by atoms with E-state index in [9.17, 15) is 18.0 Å². The molecule has 1 aromatic carbocycles. The van der Waals surface area contributed by atoms with Crippen molar-refractivity contribution in [1.29, 1.82) is 0 Å². The zero-order chi connectivity index (χ0) is 13.2. The Morgan fingerprint density at radius 2 is 1.78 bits per heavy atom. The second kappa shape index (κ2) is 4.52. The normalized spacial score (nSPS) is 11.3. The zero-order valence-electron chi connectivity index (χ0n) is 8.95. The number of benzene rings is 1. The maximum absolute atomic E-state index is 12.3. The van der Waals surface area contributed by atoms with E-state index in [1.165, 1.54) is 24.4 Å². The molecule has 0 saturated heterocycles. The van der Waals surface area contributed by atoms with Gasteiger partial charge in [0.05, 0.1) is 5.56 Å². The second-order valence-corrected chi connectivity index (χ2v) is 3.48. The molecule has 0 bridgehead atoms. The summed E-state index contributed by atoms with van der Waals surface area (Å²) in [5.41, 5.74) is -0.681. The number of H-pyrrole nitrogens is 1. The summed E-state index contributed by atoms with van der Waals surface area (Å²) in [4.78, 5) is 17.2. The standard InChI is InChI=1S/C11H8F3N3O/c12-11(13,14)7-1-3-8(4-2-7)16-10-15-6-5-9(18)17-10/h1-6H,(H2,15,16,17,18). The molecule has 18 heavy (non-hydrogen) atoms. The van der Waals surface area contributed by atoms with Crippen molar-refractivity contribution in [2.24, 2.45) is 0 Å². The quantitative estimate of drug-likeness (QED) is 0.866. The van der Waals surface area contributed by atoms with Crippen LogP contribution in [0, 0.1) is 0 Å². The second-order valence-electron chi connectivity index (χ2n) is 3.48. The predicted octanol–water partition coefficient (Wildman–Crippen LogP) is 2.53. The van der Waals surface area contributed by atoms with E-state index in [4.69, 9.17) is 0 Å². The van der Waals surface area contributed by atoms with E-state index in [0.29, 0.717) is 5.69 Å². The lowest BCUT2D eigenvalue weighted by Crippen LogP contribution is -2.08. The molecular formula is C11H8F3N3O. The van der Waals surface area contributed by atoms with E-state index in [-0.39, 0.29) is 11.5 Å². The molecule has 0 aliphatic heterocycles. The van der Waals surface area contributed by atoms with Crippen molar-refractivity contribution in [3.8, 4) is 0 Å². The molecule has 2 rings (SSSR count). The van der Waals surface area contributed by atoms with Gasteiger partial charge in [-0.15, -0.1) is 0 Å². The molecule has 0 spiro atoms. The van der Waals surface area contributed by atoms with Gasteiger partial charge in [0.2, 0.25) is 5.95 Å². The average Bonchev–Trinajstić information content (AvgIpc) is 2.28. The summed E-state index contributed by atoms with van der Waals surface area (Å²) >= 11 is 0. The summed E-state index contributed by atoms with van der Waals surface area (Å²) in [6.07, 6.45) is -3.07. The molecule has 0 aliphatic rings. The highest BCUT2D eigenvalue weighted by molar-refractivity contribution is 5.53. The van der Waals surface area contributed by atoms with E-state index in [1.54, 1.807) is 0 Å². The van der Waals surface area contributed by atoms with Crippen molar-refractivity contribution in [2.45, 2.75) is 6.18 Å². The molecule has 0 saturated carbocycles. The summed E-state index contributed by atoms with van der Waals surface area (Å²) in [5, 5.41) is 2.69. The molecule has 0 radical (unpaired) electrons. The summed E-state index contributed by atoms with van der Waals surface area (Å²) in [6.45, 7) is 0. The first-order chi connectivity index (χ1) is 8.45. The highest BCUT2D eigenvalue weighted by Crippen LogP contribution is 2.30. The van der Waals surface area contributed by atoms with Gasteiger partial charge >= 0.3 is 6.18 Å². The molecule has 4 nitrogen and oxygen atoms in total. The number of alkyl halides is 3. The van der Waals surface area contributed by atoms with Crippen molar-refractivity contribution >= 4 is 11.6 Å². The number of anilines is 2. The van der Waals surface area contributed by atoms with Crippen LogP contribution in [0.4, 0.5) is 24.8 Å². The molecule has 0 unspecified atom stereocenters. The van der Waals surface area contributed by atoms with Crippen LogP contribution in [0.2, 0.25) is 0 Å².